The van der Waals surface area contributed by atoms with Crippen LogP contribution in [0.1, 0.15) is 18.1 Å². The van der Waals surface area contributed by atoms with Gasteiger partial charge in [-0.05, 0) is 31.9 Å². The zero-order valence-electron chi connectivity index (χ0n) is 9.25. The highest BCUT2D eigenvalue weighted by Gasteiger charge is 2.18. The predicted octanol–water partition coefficient (Wildman–Crippen LogP) is 1.66. The van der Waals surface area contributed by atoms with E-state index in [1.54, 1.807) is 0 Å². The maximum absolute atomic E-state index is 5.83. The van der Waals surface area contributed by atoms with Crippen LogP contribution in [-0.2, 0) is 6.42 Å². The molecule has 0 saturated carbocycles. The molecule has 15 heavy (non-hydrogen) atoms. The Hall–Kier alpha value is -1.22. The first-order valence-corrected chi connectivity index (χ1v) is 5.32. The summed E-state index contributed by atoms with van der Waals surface area (Å²) in [6.07, 6.45) is 0.832. The molecule has 1 aliphatic rings. The van der Waals surface area contributed by atoms with E-state index in [1.165, 1.54) is 11.1 Å². The van der Waals surface area contributed by atoms with Gasteiger partial charge in [0.25, 0.3) is 0 Å². The Morgan fingerprint density at radius 3 is 2.80 bits per heavy atom. The maximum atomic E-state index is 5.83. The molecule has 2 N–H and O–H groups in total. The van der Waals surface area contributed by atoms with Crippen molar-refractivity contribution in [2.45, 2.75) is 26.3 Å². The fourth-order valence-electron chi connectivity index (χ4n) is 1.85. The average Bonchev–Trinajstić information content (AvgIpc) is 2.22. The van der Waals surface area contributed by atoms with Crippen LogP contribution in [0.4, 0.5) is 0 Å². The molecule has 2 rings (SSSR count). The molecular formula is C12H17NO2. The van der Waals surface area contributed by atoms with Gasteiger partial charge < -0.3 is 15.2 Å². The molecular weight excluding hydrogens is 190 g/mol. The van der Waals surface area contributed by atoms with Gasteiger partial charge in [-0.15, -0.1) is 0 Å². The lowest BCUT2D eigenvalue weighted by molar-refractivity contribution is 0.169. The quantitative estimate of drug-likeness (QED) is 0.802. The molecule has 0 aromatic heterocycles. The summed E-state index contributed by atoms with van der Waals surface area (Å²) < 4.78 is 11.2. The Balaban J connectivity index is 2.41. The molecule has 1 aromatic rings. The van der Waals surface area contributed by atoms with Crippen LogP contribution in [0.15, 0.2) is 12.1 Å². The zero-order valence-corrected chi connectivity index (χ0v) is 9.25. The summed E-state index contributed by atoms with van der Waals surface area (Å²) in [5.41, 5.74) is 8.23. The molecule has 1 aliphatic heterocycles. The summed E-state index contributed by atoms with van der Waals surface area (Å²) in [7, 11) is 0. The molecule has 0 bridgehead atoms. The van der Waals surface area contributed by atoms with Gasteiger partial charge in [0.15, 0.2) is 11.5 Å². The third-order valence-corrected chi connectivity index (χ3v) is 2.57. The molecule has 1 aromatic carbocycles. The van der Waals surface area contributed by atoms with Crippen LogP contribution >= 0.6 is 0 Å². The smallest absolute Gasteiger partial charge is 0.164 e. The SMILES string of the molecule is Cc1ccc2c(c1CC(C)N)OCCO2. The van der Waals surface area contributed by atoms with E-state index in [4.69, 9.17) is 15.2 Å². The number of nitrogens with two attached hydrogens (primary N) is 1. The second kappa shape index (κ2) is 4.11. The van der Waals surface area contributed by atoms with E-state index in [1.807, 2.05) is 13.0 Å². The highest BCUT2D eigenvalue weighted by Crippen LogP contribution is 2.36. The average molecular weight is 207 g/mol. The predicted molar refractivity (Wildman–Crippen MR) is 59.5 cm³/mol. The molecule has 1 atom stereocenters. The van der Waals surface area contributed by atoms with E-state index in [2.05, 4.69) is 13.0 Å². The van der Waals surface area contributed by atoms with Crippen LogP contribution in [0.5, 0.6) is 11.5 Å². The van der Waals surface area contributed by atoms with E-state index in [0.29, 0.717) is 13.2 Å². The summed E-state index contributed by atoms with van der Waals surface area (Å²) in [6, 6.07) is 4.17. The van der Waals surface area contributed by atoms with E-state index in [-0.39, 0.29) is 6.04 Å². The third-order valence-electron chi connectivity index (χ3n) is 2.57. The molecule has 1 unspecified atom stereocenters. The van der Waals surface area contributed by atoms with Crippen molar-refractivity contribution in [3.05, 3.63) is 23.3 Å². The van der Waals surface area contributed by atoms with E-state index >= 15 is 0 Å². The number of fused-ring (bicyclic) bond motifs is 1. The molecule has 82 valence electrons. The number of benzene rings is 1. The van der Waals surface area contributed by atoms with Crippen LogP contribution < -0.4 is 15.2 Å². The zero-order chi connectivity index (χ0) is 10.8. The van der Waals surface area contributed by atoms with Crippen LogP contribution in [-0.4, -0.2) is 19.3 Å². The molecule has 0 spiro atoms. The summed E-state index contributed by atoms with van der Waals surface area (Å²) >= 11 is 0. The van der Waals surface area contributed by atoms with Crippen molar-refractivity contribution < 1.29 is 9.47 Å². The second-order valence-corrected chi connectivity index (χ2v) is 4.07. The van der Waals surface area contributed by atoms with Crippen molar-refractivity contribution in [2.24, 2.45) is 5.73 Å². The van der Waals surface area contributed by atoms with Gasteiger partial charge in [0, 0.05) is 11.6 Å². The van der Waals surface area contributed by atoms with Gasteiger partial charge in [0.05, 0.1) is 0 Å². The van der Waals surface area contributed by atoms with E-state index in [9.17, 15) is 0 Å². The van der Waals surface area contributed by atoms with Crippen molar-refractivity contribution in [3.8, 4) is 11.5 Å². The van der Waals surface area contributed by atoms with Crippen LogP contribution in [0, 0.1) is 6.92 Å². The van der Waals surface area contributed by atoms with Crippen LogP contribution in [0.25, 0.3) is 0 Å². The minimum Gasteiger partial charge on any atom is -0.486 e. The number of hydrogen-bond donors (Lipinski definition) is 1. The highest BCUT2D eigenvalue weighted by atomic mass is 16.6. The fraction of sp³-hybridized carbons (Fsp3) is 0.500. The minimum absolute atomic E-state index is 0.140. The Kier molecular flexibility index (Phi) is 2.82. The van der Waals surface area contributed by atoms with Gasteiger partial charge in [-0.1, -0.05) is 6.07 Å². The van der Waals surface area contributed by atoms with Crippen molar-refractivity contribution in [3.63, 3.8) is 0 Å². The summed E-state index contributed by atoms with van der Waals surface area (Å²) in [5.74, 6) is 1.74. The maximum Gasteiger partial charge on any atom is 0.164 e. The monoisotopic (exact) mass is 207 g/mol. The van der Waals surface area contributed by atoms with Crippen molar-refractivity contribution in [1.82, 2.24) is 0 Å². The standard InChI is InChI=1S/C12H17NO2/c1-8-3-4-11-12(15-6-5-14-11)10(8)7-9(2)13/h3-4,9H,5-7,13H2,1-2H3. The van der Waals surface area contributed by atoms with Crippen molar-refractivity contribution in [1.29, 1.82) is 0 Å². The van der Waals surface area contributed by atoms with Gasteiger partial charge in [-0.25, -0.2) is 0 Å². The van der Waals surface area contributed by atoms with Gasteiger partial charge in [-0.2, -0.15) is 0 Å². The largest absolute Gasteiger partial charge is 0.486 e. The Morgan fingerprint density at radius 2 is 2.07 bits per heavy atom. The molecule has 3 nitrogen and oxygen atoms in total. The molecule has 0 amide bonds. The lowest BCUT2D eigenvalue weighted by Gasteiger charge is -2.23. The van der Waals surface area contributed by atoms with E-state index in [0.717, 1.165) is 17.9 Å². The molecule has 0 radical (unpaired) electrons. The normalized spacial score (nSPS) is 16.2. The highest BCUT2D eigenvalue weighted by molar-refractivity contribution is 5.51. The summed E-state index contributed by atoms with van der Waals surface area (Å²) in [5, 5.41) is 0. The fourth-order valence-corrected chi connectivity index (χ4v) is 1.85. The Bertz CT molecular complexity index is 361. The number of rotatable bonds is 2. The molecule has 1 heterocycles. The van der Waals surface area contributed by atoms with Gasteiger partial charge in [-0.3, -0.25) is 0 Å². The first kappa shape index (κ1) is 10.3. The molecule has 0 saturated heterocycles. The Morgan fingerprint density at radius 1 is 1.33 bits per heavy atom. The summed E-state index contributed by atoms with van der Waals surface area (Å²) in [6.45, 7) is 5.34. The Labute approximate surface area is 90.2 Å². The molecule has 3 heteroatoms. The second-order valence-electron chi connectivity index (χ2n) is 4.07. The third kappa shape index (κ3) is 2.07. The lowest BCUT2D eigenvalue weighted by atomic mass is 10.0. The number of hydrogen-bond acceptors (Lipinski definition) is 3. The van der Waals surface area contributed by atoms with Crippen molar-refractivity contribution in [2.75, 3.05) is 13.2 Å². The number of ether oxygens (including phenoxy) is 2. The lowest BCUT2D eigenvalue weighted by Crippen LogP contribution is -2.22. The van der Waals surface area contributed by atoms with Crippen LogP contribution in [0.2, 0.25) is 0 Å². The van der Waals surface area contributed by atoms with Crippen LogP contribution in [0.3, 0.4) is 0 Å². The number of aryl methyl sites for hydroxylation is 1. The first-order chi connectivity index (χ1) is 7.18. The van der Waals surface area contributed by atoms with E-state index < -0.39 is 0 Å². The molecule has 0 fully saturated rings. The minimum atomic E-state index is 0.140. The molecule has 0 aliphatic carbocycles. The van der Waals surface area contributed by atoms with Gasteiger partial charge in [0.1, 0.15) is 13.2 Å². The van der Waals surface area contributed by atoms with Gasteiger partial charge in [0.2, 0.25) is 0 Å². The van der Waals surface area contributed by atoms with Crippen molar-refractivity contribution >= 4 is 0 Å². The summed E-state index contributed by atoms with van der Waals surface area (Å²) in [4.78, 5) is 0. The van der Waals surface area contributed by atoms with Gasteiger partial charge >= 0.3 is 0 Å². The topological polar surface area (TPSA) is 44.5 Å². The first-order valence-electron chi connectivity index (χ1n) is 5.32.